The SMILES string of the molecule is C=C/C(=C\C=C/C)n1c2c(c3c(B(O)O)cccc31)C=CCC=C2. The predicted molar refractivity (Wildman–Crippen MR) is 104 cm³/mol. The number of rotatable bonds is 4. The van der Waals surface area contributed by atoms with Gasteiger partial charge in [0.05, 0.1) is 11.2 Å². The summed E-state index contributed by atoms with van der Waals surface area (Å²) in [6, 6.07) is 5.59. The van der Waals surface area contributed by atoms with Crippen LogP contribution in [0.25, 0.3) is 28.8 Å². The van der Waals surface area contributed by atoms with Crippen molar-refractivity contribution < 1.29 is 10.0 Å². The third kappa shape index (κ3) is 2.71. The predicted octanol–water partition coefficient (Wildman–Crippen LogP) is 3.35. The van der Waals surface area contributed by atoms with Crippen LogP contribution >= 0.6 is 0 Å². The summed E-state index contributed by atoms with van der Waals surface area (Å²) in [5.41, 5.74) is 4.39. The molecule has 0 saturated carbocycles. The topological polar surface area (TPSA) is 45.4 Å². The Morgan fingerprint density at radius 2 is 2.04 bits per heavy atom. The van der Waals surface area contributed by atoms with Crippen molar-refractivity contribution >= 4 is 41.3 Å². The quantitative estimate of drug-likeness (QED) is 0.671. The normalized spacial score (nSPS) is 14.2. The Morgan fingerprint density at radius 3 is 2.75 bits per heavy atom. The first-order chi connectivity index (χ1) is 11.7. The van der Waals surface area contributed by atoms with E-state index >= 15 is 0 Å². The fraction of sp³-hybridized carbons (Fsp3) is 0.100. The molecule has 1 aromatic heterocycles. The van der Waals surface area contributed by atoms with Crippen molar-refractivity contribution in [3.63, 3.8) is 0 Å². The maximum atomic E-state index is 9.80. The Labute approximate surface area is 142 Å². The number of fused-ring (bicyclic) bond motifs is 3. The van der Waals surface area contributed by atoms with Gasteiger partial charge in [-0.15, -0.1) is 0 Å². The lowest BCUT2D eigenvalue weighted by Crippen LogP contribution is -2.30. The van der Waals surface area contributed by atoms with E-state index in [9.17, 15) is 10.0 Å². The molecular formula is C20H20BNO2. The van der Waals surface area contributed by atoms with Gasteiger partial charge < -0.3 is 14.6 Å². The number of allylic oxidation sites excluding steroid dienone is 7. The van der Waals surface area contributed by atoms with Crippen molar-refractivity contribution in [3.8, 4) is 0 Å². The molecule has 120 valence electrons. The molecule has 2 N–H and O–H groups in total. The van der Waals surface area contributed by atoms with E-state index in [-0.39, 0.29) is 0 Å². The zero-order valence-corrected chi connectivity index (χ0v) is 13.7. The summed E-state index contributed by atoms with van der Waals surface area (Å²) in [6.07, 6.45) is 16.9. The van der Waals surface area contributed by atoms with Crippen LogP contribution in [0.3, 0.4) is 0 Å². The van der Waals surface area contributed by atoms with E-state index in [4.69, 9.17) is 0 Å². The van der Waals surface area contributed by atoms with E-state index in [0.717, 1.165) is 34.3 Å². The molecule has 0 saturated heterocycles. The molecule has 0 fully saturated rings. The van der Waals surface area contributed by atoms with Crippen LogP contribution in [-0.2, 0) is 0 Å². The highest BCUT2D eigenvalue weighted by atomic mass is 16.4. The van der Waals surface area contributed by atoms with Gasteiger partial charge in [-0.2, -0.15) is 0 Å². The highest BCUT2D eigenvalue weighted by Gasteiger charge is 2.23. The van der Waals surface area contributed by atoms with Crippen molar-refractivity contribution in [2.75, 3.05) is 0 Å². The van der Waals surface area contributed by atoms with Gasteiger partial charge in [-0.3, -0.25) is 0 Å². The largest absolute Gasteiger partial charge is 0.489 e. The number of nitrogens with zero attached hydrogens (tertiary/aromatic N) is 1. The molecular weight excluding hydrogens is 297 g/mol. The zero-order valence-electron chi connectivity index (χ0n) is 13.7. The van der Waals surface area contributed by atoms with Gasteiger partial charge in [0.15, 0.2) is 0 Å². The smallest absolute Gasteiger partial charge is 0.423 e. The Hall–Kier alpha value is -2.56. The van der Waals surface area contributed by atoms with E-state index < -0.39 is 7.12 Å². The number of aromatic nitrogens is 1. The summed E-state index contributed by atoms with van der Waals surface area (Å²) in [4.78, 5) is 0. The van der Waals surface area contributed by atoms with E-state index in [1.807, 2.05) is 43.4 Å². The molecule has 4 heteroatoms. The second-order valence-electron chi connectivity index (χ2n) is 5.61. The van der Waals surface area contributed by atoms with Gasteiger partial charge in [-0.25, -0.2) is 0 Å². The molecule has 2 aromatic rings. The van der Waals surface area contributed by atoms with Crippen molar-refractivity contribution in [2.45, 2.75) is 13.3 Å². The zero-order chi connectivity index (χ0) is 17.1. The van der Waals surface area contributed by atoms with Gasteiger partial charge in [-0.1, -0.05) is 49.1 Å². The summed E-state index contributed by atoms with van der Waals surface area (Å²) < 4.78 is 2.11. The van der Waals surface area contributed by atoms with Crippen LogP contribution in [-0.4, -0.2) is 21.7 Å². The third-order valence-electron chi connectivity index (χ3n) is 4.14. The van der Waals surface area contributed by atoms with Crippen LogP contribution in [0.5, 0.6) is 0 Å². The fourth-order valence-electron chi connectivity index (χ4n) is 3.11. The Morgan fingerprint density at radius 1 is 1.25 bits per heavy atom. The maximum Gasteiger partial charge on any atom is 0.489 e. The second-order valence-corrected chi connectivity index (χ2v) is 5.61. The van der Waals surface area contributed by atoms with Crippen molar-refractivity contribution in [1.29, 1.82) is 0 Å². The van der Waals surface area contributed by atoms with Crippen molar-refractivity contribution in [3.05, 3.63) is 72.5 Å². The summed E-state index contributed by atoms with van der Waals surface area (Å²) in [5, 5.41) is 20.5. The standard InChI is InChI=1S/C20H20BNO2/c1-3-5-10-15(4-2)22-18-13-8-6-7-11-16(18)20-17(21(23)24)12-9-14-19(20)22/h3-5,7-14,23-24H,2,6H2,1H3/b5-3-,15-10+. The lowest BCUT2D eigenvalue weighted by Gasteiger charge is -2.10. The molecule has 1 heterocycles. The molecule has 0 atom stereocenters. The highest BCUT2D eigenvalue weighted by molar-refractivity contribution is 6.62. The number of hydrogen-bond acceptors (Lipinski definition) is 2. The van der Waals surface area contributed by atoms with Gasteiger partial charge in [-0.05, 0) is 43.1 Å². The molecule has 3 nitrogen and oxygen atoms in total. The average Bonchev–Trinajstić information content (AvgIpc) is 2.74. The van der Waals surface area contributed by atoms with Gasteiger partial charge in [0, 0.05) is 16.6 Å². The fourth-order valence-corrected chi connectivity index (χ4v) is 3.11. The van der Waals surface area contributed by atoms with Gasteiger partial charge in [0.2, 0.25) is 0 Å². The lowest BCUT2D eigenvalue weighted by molar-refractivity contribution is 0.426. The van der Waals surface area contributed by atoms with Crippen LogP contribution in [0.4, 0.5) is 0 Å². The average molecular weight is 317 g/mol. The maximum absolute atomic E-state index is 9.80. The third-order valence-corrected chi connectivity index (χ3v) is 4.14. The van der Waals surface area contributed by atoms with Crippen molar-refractivity contribution in [2.24, 2.45) is 0 Å². The monoisotopic (exact) mass is 317 g/mol. The van der Waals surface area contributed by atoms with Gasteiger partial charge >= 0.3 is 7.12 Å². The Bertz CT molecular complexity index is 898. The molecule has 0 spiro atoms. The van der Waals surface area contributed by atoms with Crippen LogP contribution in [0, 0.1) is 0 Å². The molecule has 0 radical (unpaired) electrons. The molecule has 0 amide bonds. The second kappa shape index (κ2) is 6.91. The first kappa shape index (κ1) is 16.3. The van der Waals surface area contributed by atoms with Crippen LogP contribution in [0.2, 0.25) is 0 Å². The molecule has 0 aliphatic heterocycles. The molecule has 0 unspecified atom stereocenters. The summed E-state index contributed by atoms with van der Waals surface area (Å²) in [5.74, 6) is 0. The van der Waals surface area contributed by atoms with Crippen LogP contribution in [0.15, 0.2) is 61.2 Å². The molecule has 1 aromatic carbocycles. The van der Waals surface area contributed by atoms with Gasteiger partial charge in [0.1, 0.15) is 0 Å². The molecule has 3 rings (SSSR count). The Balaban J connectivity index is 2.46. The number of hydrogen-bond donors (Lipinski definition) is 2. The van der Waals surface area contributed by atoms with Crippen LogP contribution in [0.1, 0.15) is 24.6 Å². The molecule has 0 bridgehead atoms. The Kier molecular flexibility index (Phi) is 4.70. The molecule has 1 aliphatic rings. The van der Waals surface area contributed by atoms with Crippen LogP contribution < -0.4 is 5.46 Å². The van der Waals surface area contributed by atoms with Crippen molar-refractivity contribution in [1.82, 2.24) is 4.57 Å². The molecule has 24 heavy (non-hydrogen) atoms. The number of benzene rings is 1. The first-order valence-electron chi connectivity index (χ1n) is 8.01. The van der Waals surface area contributed by atoms with E-state index in [2.05, 4.69) is 35.5 Å². The molecule has 1 aliphatic carbocycles. The minimum Gasteiger partial charge on any atom is -0.423 e. The summed E-state index contributed by atoms with van der Waals surface area (Å²) >= 11 is 0. The van der Waals surface area contributed by atoms with E-state index in [0.29, 0.717) is 5.46 Å². The minimum atomic E-state index is -1.51. The summed E-state index contributed by atoms with van der Waals surface area (Å²) in [7, 11) is -1.51. The van der Waals surface area contributed by atoms with E-state index in [1.54, 1.807) is 6.07 Å². The minimum absolute atomic E-state index is 0.511. The highest BCUT2D eigenvalue weighted by Crippen LogP contribution is 2.32. The first-order valence-corrected chi connectivity index (χ1v) is 8.01. The van der Waals surface area contributed by atoms with E-state index in [1.165, 1.54) is 0 Å². The summed E-state index contributed by atoms with van der Waals surface area (Å²) in [6.45, 7) is 5.91. The lowest BCUT2D eigenvalue weighted by atomic mass is 9.77. The van der Waals surface area contributed by atoms with Gasteiger partial charge in [0.25, 0.3) is 0 Å².